The molecule has 21 heavy (non-hydrogen) atoms. The fourth-order valence-corrected chi connectivity index (χ4v) is 3.16. The van der Waals surface area contributed by atoms with E-state index in [2.05, 4.69) is 17.1 Å². The average Bonchev–Trinajstić information content (AvgIpc) is 2.93. The van der Waals surface area contributed by atoms with Crippen LogP contribution >= 0.6 is 11.3 Å². The van der Waals surface area contributed by atoms with Crippen molar-refractivity contribution >= 4 is 17.2 Å². The molecule has 1 aliphatic rings. The van der Waals surface area contributed by atoms with Crippen LogP contribution in [0.1, 0.15) is 26.6 Å². The number of aromatic nitrogens is 1. The molecule has 0 unspecified atom stereocenters. The molecular formula is C16H18N2O2S. The molecule has 1 aromatic heterocycles. The van der Waals surface area contributed by atoms with Crippen LogP contribution < -0.4 is 0 Å². The minimum Gasteiger partial charge on any atom is -0.371 e. The summed E-state index contributed by atoms with van der Waals surface area (Å²) in [5.74, 6) is -0.0400. The lowest BCUT2D eigenvalue weighted by molar-refractivity contribution is 0.00974. The molecule has 0 saturated carbocycles. The Morgan fingerprint density at radius 1 is 1.43 bits per heavy atom. The lowest BCUT2D eigenvalue weighted by Crippen LogP contribution is -2.38. The smallest absolute Gasteiger partial charge is 0.273 e. The molecule has 0 radical (unpaired) electrons. The Kier molecular flexibility index (Phi) is 4.03. The fraction of sp³-hybridized carbons (Fsp3) is 0.375. The molecule has 1 atom stereocenters. The van der Waals surface area contributed by atoms with E-state index in [9.17, 15) is 4.79 Å². The van der Waals surface area contributed by atoms with Gasteiger partial charge in [0.1, 0.15) is 5.69 Å². The molecule has 0 saturated heterocycles. The third kappa shape index (κ3) is 3.14. The topological polar surface area (TPSA) is 42.4 Å². The molecule has 2 heterocycles. The number of likely N-dealkylation sites (N-methyl/N-ethyl adjacent to an activating group) is 1. The van der Waals surface area contributed by atoms with E-state index >= 15 is 0 Å². The third-order valence-corrected chi connectivity index (χ3v) is 4.48. The van der Waals surface area contributed by atoms with Crippen LogP contribution in [-0.4, -0.2) is 35.5 Å². The van der Waals surface area contributed by atoms with E-state index in [0.29, 0.717) is 18.8 Å². The maximum atomic E-state index is 12.3. The lowest BCUT2D eigenvalue weighted by Gasteiger charge is -2.28. The first-order chi connectivity index (χ1) is 10.1. The van der Waals surface area contributed by atoms with Gasteiger partial charge < -0.3 is 9.64 Å². The Labute approximate surface area is 128 Å². The molecule has 0 aliphatic carbocycles. The van der Waals surface area contributed by atoms with Crippen molar-refractivity contribution in [2.75, 3.05) is 13.6 Å². The quantitative estimate of drug-likeness (QED) is 0.875. The van der Waals surface area contributed by atoms with Crippen molar-refractivity contribution in [1.29, 1.82) is 0 Å². The van der Waals surface area contributed by atoms with Gasteiger partial charge in [-0.05, 0) is 18.1 Å². The first kappa shape index (κ1) is 14.2. The molecule has 0 fully saturated rings. The number of rotatable bonds is 3. The molecule has 0 bridgehead atoms. The first-order valence-electron chi connectivity index (χ1n) is 6.99. The van der Waals surface area contributed by atoms with Gasteiger partial charge in [0.05, 0.1) is 17.7 Å². The summed E-state index contributed by atoms with van der Waals surface area (Å²) >= 11 is 1.50. The van der Waals surface area contributed by atoms with Crippen molar-refractivity contribution in [2.45, 2.75) is 26.1 Å². The maximum absolute atomic E-state index is 12.3. The van der Waals surface area contributed by atoms with Crippen molar-refractivity contribution < 1.29 is 9.53 Å². The van der Waals surface area contributed by atoms with Crippen LogP contribution in [0, 0.1) is 6.92 Å². The summed E-state index contributed by atoms with van der Waals surface area (Å²) in [6.07, 6.45) is 0.901. The minimum absolute atomic E-state index is 0.0400. The number of hydrogen-bond donors (Lipinski definition) is 0. The standard InChI is InChI=1S/C16H18N2O2S/c1-11-17-15(10-21-11)16(19)18(2)8-14-7-12-5-3-4-6-13(12)9-20-14/h3-6,10,14H,7-9H2,1-2H3/t14-/m0/s1. The molecule has 2 aromatic rings. The van der Waals surface area contributed by atoms with Gasteiger partial charge in [0.25, 0.3) is 5.91 Å². The summed E-state index contributed by atoms with van der Waals surface area (Å²) in [5, 5.41) is 2.72. The Bertz CT molecular complexity index is 653. The summed E-state index contributed by atoms with van der Waals surface area (Å²) in [4.78, 5) is 18.2. The number of fused-ring (bicyclic) bond motifs is 1. The second kappa shape index (κ2) is 5.95. The van der Waals surface area contributed by atoms with Crippen LogP contribution in [0.3, 0.4) is 0 Å². The number of benzene rings is 1. The van der Waals surface area contributed by atoms with E-state index in [4.69, 9.17) is 4.74 Å². The Balaban J connectivity index is 1.63. The van der Waals surface area contributed by atoms with Crippen LogP contribution in [-0.2, 0) is 17.8 Å². The number of amides is 1. The Morgan fingerprint density at radius 3 is 2.90 bits per heavy atom. The van der Waals surface area contributed by atoms with E-state index in [0.717, 1.165) is 11.4 Å². The van der Waals surface area contributed by atoms with Crippen molar-refractivity contribution in [2.24, 2.45) is 0 Å². The molecule has 0 N–H and O–H groups in total. The van der Waals surface area contributed by atoms with Gasteiger partial charge in [0.2, 0.25) is 0 Å². The molecule has 5 heteroatoms. The zero-order valence-electron chi connectivity index (χ0n) is 12.2. The van der Waals surface area contributed by atoms with Gasteiger partial charge in [-0.2, -0.15) is 0 Å². The molecule has 0 spiro atoms. The van der Waals surface area contributed by atoms with Crippen molar-refractivity contribution in [3.8, 4) is 0 Å². The molecule has 110 valence electrons. The average molecular weight is 302 g/mol. The highest BCUT2D eigenvalue weighted by Gasteiger charge is 2.23. The van der Waals surface area contributed by atoms with Crippen LogP contribution in [0.25, 0.3) is 0 Å². The second-order valence-electron chi connectivity index (χ2n) is 5.34. The van der Waals surface area contributed by atoms with Gasteiger partial charge in [-0.25, -0.2) is 4.98 Å². The number of carbonyl (C=O) groups is 1. The van der Waals surface area contributed by atoms with E-state index in [1.807, 2.05) is 24.4 Å². The molecule has 1 amide bonds. The van der Waals surface area contributed by atoms with Gasteiger partial charge in [0.15, 0.2) is 0 Å². The lowest BCUT2D eigenvalue weighted by atomic mass is 9.99. The Morgan fingerprint density at radius 2 is 2.19 bits per heavy atom. The predicted octanol–water partition coefficient (Wildman–Crippen LogP) is 2.67. The molecular weight excluding hydrogens is 284 g/mol. The first-order valence-corrected chi connectivity index (χ1v) is 7.87. The van der Waals surface area contributed by atoms with Gasteiger partial charge in [-0.15, -0.1) is 11.3 Å². The van der Waals surface area contributed by atoms with Crippen LogP contribution in [0.4, 0.5) is 0 Å². The normalized spacial score (nSPS) is 17.3. The van der Waals surface area contributed by atoms with Crippen LogP contribution in [0.15, 0.2) is 29.6 Å². The summed E-state index contributed by atoms with van der Waals surface area (Å²) in [6, 6.07) is 8.31. The fourth-order valence-electron chi connectivity index (χ4n) is 2.57. The Hall–Kier alpha value is -1.72. The SMILES string of the molecule is Cc1nc(C(=O)N(C)C[C@@H]2Cc3ccccc3CO2)cs1. The van der Waals surface area contributed by atoms with Gasteiger partial charge in [-0.3, -0.25) is 4.79 Å². The van der Waals surface area contributed by atoms with Crippen LogP contribution in [0.5, 0.6) is 0 Å². The highest BCUT2D eigenvalue weighted by atomic mass is 32.1. The number of ether oxygens (including phenoxy) is 1. The van der Waals surface area contributed by atoms with Crippen LogP contribution in [0.2, 0.25) is 0 Å². The molecule has 1 aromatic carbocycles. The van der Waals surface area contributed by atoms with Gasteiger partial charge in [-0.1, -0.05) is 24.3 Å². The van der Waals surface area contributed by atoms with Crippen molar-refractivity contribution in [3.63, 3.8) is 0 Å². The summed E-state index contributed by atoms with van der Waals surface area (Å²) in [7, 11) is 1.81. The van der Waals surface area contributed by atoms with E-state index < -0.39 is 0 Å². The largest absolute Gasteiger partial charge is 0.371 e. The number of hydrogen-bond acceptors (Lipinski definition) is 4. The van der Waals surface area contributed by atoms with Gasteiger partial charge in [0, 0.05) is 25.4 Å². The van der Waals surface area contributed by atoms with E-state index in [1.54, 1.807) is 11.9 Å². The third-order valence-electron chi connectivity index (χ3n) is 3.70. The minimum atomic E-state index is -0.0400. The predicted molar refractivity (Wildman–Crippen MR) is 82.5 cm³/mol. The maximum Gasteiger partial charge on any atom is 0.273 e. The van der Waals surface area contributed by atoms with Gasteiger partial charge >= 0.3 is 0 Å². The summed E-state index contributed by atoms with van der Waals surface area (Å²) in [5.41, 5.74) is 3.09. The number of aryl methyl sites for hydroxylation is 1. The summed E-state index contributed by atoms with van der Waals surface area (Å²) < 4.78 is 5.85. The summed E-state index contributed by atoms with van der Waals surface area (Å²) in [6.45, 7) is 3.12. The monoisotopic (exact) mass is 302 g/mol. The highest BCUT2D eigenvalue weighted by Crippen LogP contribution is 2.21. The number of thiazole rings is 1. The molecule has 3 rings (SSSR count). The second-order valence-corrected chi connectivity index (χ2v) is 6.41. The highest BCUT2D eigenvalue weighted by molar-refractivity contribution is 7.09. The number of nitrogens with zero attached hydrogens (tertiary/aromatic N) is 2. The van der Waals surface area contributed by atoms with E-state index in [-0.39, 0.29) is 12.0 Å². The molecule has 4 nitrogen and oxygen atoms in total. The van der Waals surface area contributed by atoms with Crippen molar-refractivity contribution in [3.05, 3.63) is 51.5 Å². The van der Waals surface area contributed by atoms with Crippen molar-refractivity contribution in [1.82, 2.24) is 9.88 Å². The number of carbonyl (C=O) groups excluding carboxylic acids is 1. The van der Waals surface area contributed by atoms with E-state index in [1.165, 1.54) is 22.5 Å². The zero-order chi connectivity index (χ0) is 14.8. The zero-order valence-corrected chi connectivity index (χ0v) is 13.0. The molecule has 1 aliphatic heterocycles.